The van der Waals surface area contributed by atoms with Crippen LogP contribution in [0.2, 0.25) is 5.02 Å². The van der Waals surface area contributed by atoms with E-state index >= 15 is 0 Å². The fourth-order valence-corrected chi connectivity index (χ4v) is 5.21. The van der Waals surface area contributed by atoms with Crippen LogP contribution in [0.1, 0.15) is 11.1 Å². The van der Waals surface area contributed by atoms with E-state index in [1.54, 1.807) is 42.5 Å². The molecular formula is C20H13ClF3NO2S. The van der Waals surface area contributed by atoms with E-state index in [4.69, 9.17) is 11.6 Å². The Kier molecular flexibility index (Phi) is 4.39. The number of benzene rings is 3. The third kappa shape index (κ3) is 3.04. The molecule has 0 unspecified atom stereocenters. The maximum Gasteiger partial charge on any atom is 0.417 e. The maximum atomic E-state index is 13.2. The molecule has 0 aliphatic carbocycles. The van der Waals surface area contributed by atoms with E-state index in [2.05, 4.69) is 0 Å². The van der Waals surface area contributed by atoms with Gasteiger partial charge < -0.3 is 0 Å². The van der Waals surface area contributed by atoms with Gasteiger partial charge in [-0.3, -0.25) is 4.31 Å². The highest BCUT2D eigenvalue weighted by Crippen LogP contribution is 2.44. The third-order valence-electron chi connectivity index (χ3n) is 4.58. The summed E-state index contributed by atoms with van der Waals surface area (Å²) in [6.07, 6.45) is -4.63. The number of sulfonamides is 1. The predicted molar refractivity (Wildman–Crippen MR) is 102 cm³/mol. The van der Waals surface area contributed by atoms with E-state index in [0.29, 0.717) is 16.8 Å². The van der Waals surface area contributed by atoms with E-state index < -0.39 is 26.8 Å². The molecule has 1 aliphatic rings. The van der Waals surface area contributed by atoms with E-state index in [9.17, 15) is 21.6 Å². The number of alkyl halides is 3. The van der Waals surface area contributed by atoms with Crippen LogP contribution in [0, 0.1) is 0 Å². The average Bonchev–Trinajstić information content (AvgIpc) is 2.65. The average molecular weight is 424 g/mol. The first-order valence-electron chi connectivity index (χ1n) is 8.26. The Morgan fingerprint density at radius 1 is 0.893 bits per heavy atom. The van der Waals surface area contributed by atoms with Crippen LogP contribution in [0.4, 0.5) is 18.9 Å². The lowest BCUT2D eigenvalue weighted by Gasteiger charge is -2.32. The zero-order chi connectivity index (χ0) is 20.1. The van der Waals surface area contributed by atoms with E-state index in [0.717, 1.165) is 16.4 Å². The molecule has 0 fully saturated rings. The molecule has 28 heavy (non-hydrogen) atoms. The van der Waals surface area contributed by atoms with Crippen LogP contribution in [0.15, 0.2) is 71.6 Å². The van der Waals surface area contributed by atoms with Crippen LogP contribution in [-0.4, -0.2) is 8.42 Å². The van der Waals surface area contributed by atoms with Crippen molar-refractivity contribution in [1.82, 2.24) is 0 Å². The predicted octanol–water partition coefficient (Wildman–Crippen LogP) is 5.73. The summed E-state index contributed by atoms with van der Waals surface area (Å²) in [6.45, 7) is -0.242. The molecule has 1 heterocycles. The first-order chi connectivity index (χ1) is 13.2. The number of fused-ring (bicyclic) bond motifs is 3. The maximum absolute atomic E-state index is 13.2. The second kappa shape index (κ2) is 6.53. The summed E-state index contributed by atoms with van der Waals surface area (Å²) in [4.78, 5) is 0.124. The summed E-state index contributed by atoms with van der Waals surface area (Å²) in [7, 11) is -3.93. The van der Waals surface area contributed by atoms with Gasteiger partial charge in [0, 0.05) is 11.1 Å². The van der Waals surface area contributed by atoms with Crippen LogP contribution in [0.25, 0.3) is 11.1 Å². The van der Waals surface area contributed by atoms with Crippen LogP contribution in [0.3, 0.4) is 0 Å². The summed E-state index contributed by atoms with van der Waals surface area (Å²) in [5.41, 5.74) is 0.897. The largest absolute Gasteiger partial charge is 0.417 e. The monoisotopic (exact) mass is 423 g/mol. The molecule has 8 heteroatoms. The Bertz CT molecular complexity index is 1180. The zero-order valence-corrected chi connectivity index (χ0v) is 15.8. The van der Waals surface area contributed by atoms with Gasteiger partial charge in [-0.25, -0.2) is 8.42 Å². The van der Waals surface area contributed by atoms with Gasteiger partial charge in [-0.1, -0.05) is 54.1 Å². The van der Waals surface area contributed by atoms with Crippen molar-refractivity contribution in [2.24, 2.45) is 0 Å². The molecule has 0 bridgehead atoms. The lowest BCUT2D eigenvalue weighted by molar-refractivity contribution is -0.137. The van der Waals surface area contributed by atoms with E-state index in [1.165, 1.54) is 12.1 Å². The van der Waals surface area contributed by atoms with E-state index in [-0.39, 0.29) is 17.0 Å². The second-order valence-electron chi connectivity index (χ2n) is 6.34. The molecule has 0 amide bonds. The minimum atomic E-state index is -4.63. The molecular weight excluding hydrogens is 411 g/mol. The number of hydrogen-bond donors (Lipinski definition) is 0. The van der Waals surface area contributed by atoms with Gasteiger partial charge in [0.05, 0.1) is 27.7 Å². The van der Waals surface area contributed by atoms with Crippen molar-refractivity contribution in [1.29, 1.82) is 0 Å². The summed E-state index contributed by atoms with van der Waals surface area (Å²) in [6, 6.07) is 16.9. The van der Waals surface area contributed by atoms with Gasteiger partial charge in [-0.15, -0.1) is 0 Å². The number of anilines is 1. The van der Waals surface area contributed by atoms with Crippen molar-refractivity contribution < 1.29 is 21.6 Å². The van der Waals surface area contributed by atoms with Gasteiger partial charge in [-0.2, -0.15) is 13.2 Å². The number of halogens is 4. The van der Waals surface area contributed by atoms with Crippen molar-refractivity contribution in [2.75, 3.05) is 4.31 Å². The lowest BCUT2D eigenvalue weighted by Crippen LogP contribution is -2.33. The van der Waals surface area contributed by atoms with E-state index in [1.807, 2.05) is 0 Å². The summed E-state index contributed by atoms with van der Waals surface area (Å²) >= 11 is 5.68. The molecule has 0 saturated carbocycles. The van der Waals surface area contributed by atoms with Crippen molar-refractivity contribution in [3.8, 4) is 11.1 Å². The Morgan fingerprint density at radius 2 is 1.54 bits per heavy atom. The molecule has 0 spiro atoms. The molecule has 1 aliphatic heterocycles. The minimum absolute atomic E-state index is 0.124. The molecule has 0 radical (unpaired) electrons. The van der Waals surface area contributed by atoms with Crippen LogP contribution >= 0.6 is 11.6 Å². The molecule has 144 valence electrons. The SMILES string of the molecule is O=S1(=O)c2ccccc2-c2ccccc2N1Cc1ccc(Cl)c(C(F)(F)F)c1. The summed E-state index contributed by atoms with van der Waals surface area (Å²) in [5.74, 6) is 0. The van der Waals surface area contributed by atoms with Crippen LogP contribution < -0.4 is 4.31 Å². The fourth-order valence-electron chi connectivity index (χ4n) is 3.31. The first-order valence-corrected chi connectivity index (χ1v) is 10.1. The zero-order valence-electron chi connectivity index (χ0n) is 14.2. The Morgan fingerprint density at radius 3 is 2.25 bits per heavy atom. The molecule has 0 saturated heterocycles. The first kappa shape index (κ1) is 18.8. The highest BCUT2D eigenvalue weighted by molar-refractivity contribution is 7.93. The fraction of sp³-hybridized carbons (Fsp3) is 0.100. The molecule has 4 rings (SSSR count). The third-order valence-corrected chi connectivity index (χ3v) is 6.73. The Labute approximate surface area is 165 Å². The molecule has 3 aromatic carbocycles. The van der Waals surface area contributed by atoms with Crippen LogP contribution in [-0.2, 0) is 22.7 Å². The van der Waals surface area contributed by atoms with Gasteiger partial charge in [-0.05, 0) is 29.8 Å². The number of hydrogen-bond acceptors (Lipinski definition) is 2. The van der Waals surface area contributed by atoms with Crippen molar-refractivity contribution >= 4 is 27.3 Å². The lowest BCUT2D eigenvalue weighted by atomic mass is 10.0. The van der Waals surface area contributed by atoms with Gasteiger partial charge in [0.1, 0.15) is 0 Å². The molecule has 3 aromatic rings. The van der Waals surface area contributed by atoms with Crippen LogP contribution in [0.5, 0.6) is 0 Å². The number of rotatable bonds is 2. The number of nitrogens with zero attached hydrogens (tertiary/aromatic N) is 1. The summed E-state index contributed by atoms with van der Waals surface area (Å²) in [5, 5.41) is -0.427. The van der Waals surface area contributed by atoms with Crippen molar-refractivity contribution in [2.45, 2.75) is 17.6 Å². The molecule has 3 nitrogen and oxygen atoms in total. The van der Waals surface area contributed by atoms with Crippen molar-refractivity contribution in [3.63, 3.8) is 0 Å². The minimum Gasteiger partial charge on any atom is -0.261 e. The molecule has 0 atom stereocenters. The van der Waals surface area contributed by atoms with Crippen molar-refractivity contribution in [3.05, 3.63) is 82.9 Å². The highest BCUT2D eigenvalue weighted by atomic mass is 35.5. The van der Waals surface area contributed by atoms with Gasteiger partial charge >= 0.3 is 6.18 Å². The quantitative estimate of drug-likeness (QED) is 0.527. The van der Waals surface area contributed by atoms with Gasteiger partial charge in [0.25, 0.3) is 10.0 Å². The smallest absolute Gasteiger partial charge is 0.261 e. The van der Waals surface area contributed by atoms with Gasteiger partial charge in [0.15, 0.2) is 0 Å². The second-order valence-corrected chi connectivity index (χ2v) is 8.57. The Hall–Kier alpha value is -2.51. The highest BCUT2D eigenvalue weighted by Gasteiger charge is 2.36. The number of para-hydroxylation sites is 1. The Balaban J connectivity index is 1.85. The normalized spacial score (nSPS) is 15.1. The summed E-state index contributed by atoms with van der Waals surface area (Å²) < 4.78 is 67.1. The topological polar surface area (TPSA) is 37.4 Å². The molecule has 0 aromatic heterocycles. The molecule has 0 N–H and O–H groups in total. The van der Waals surface area contributed by atoms with Gasteiger partial charge in [0.2, 0.25) is 0 Å². The standard InChI is InChI=1S/C20H13ClF3NO2S/c21-17-10-9-13(11-16(17)20(22,23)24)12-25-18-7-3-1-5-14(18)15-6-2-4-8-19(15)28(25,26)27/h1-11H,12H2.